The zero-order valence-electron chi connectivity index (χ0n) is 18.7. The van der Waals surface area contributed by atoms with Gasteiger partial charge in [-0.2, -0.15) is 13.2 Å². The van der Waals surface area contributed by atoms with Gasteiger partial charge in [-0.15, -0.1) is 0 Å². The number of hydrogen-bond donors (Lipinski definition) is 1. The van der Waals surface area contributed by atoms with Crippen molar-refractivity contribution in [3.8, 4) is 5.75 Å². The molecule has 0 spiro atoms. The zero-order chi connectivity index (χ0) is 24.8. The van der Waals surface area contributed by atoms with Crippen LogP contribution in [0.25, 0.3) is 10.9 Å². The lowest BCUT2D eigenvalue weighted by Crippen LogP contribution is -2.35. The summed E-state index contributed by atoms with van der Waals surface area (Å²) in [5.74, 6) is -1.14. The molecule has 182 valence electrons. The van der Waals surface area contributed by atoms with Crippen LogP contribution in [0.15, 0.2) is 30.3 Å². The Morgan fingerprint density at radius 3 is 2.56 bits per heavy atom. The molecule has 0 amide bonds. The van der Waals surface area contributed by atoms with Gasteiger partial charge in [0.1, 0.15) is 11.9 Å². The van der Waals surface area contributed by atoms with E-state index in [4.69, 9.17) is 27.9 Å². The molecule has 2 unspecified atom stereocenters. The van der Waals surface area contributed by atoms with E-state index in [-0.39, 0.29) is 11.4 Å². The average Bonchev–Trinajstić information content (AvgIpc) is 3.09. The first-order chi connectivity index (χ1) is 16.0. The molecule has 0 radical (unpaired) electrons. The SMILES string of the molecule is Cc1cc(C(F)(F)F)cc2c1cc(Cc1c(Cl)ccc(OC3CCCCC3C(=O)O)c1Cl)n2C. The minimum Gasteiger partial charge on any atom is -0.488 e. The highest BCUT2D eigenvalue weighted by Gasteiger charge is 2.34. The number of benzene rings is 2. The molecule has 1 heterocycles. The molecular formula is C25H24Cl2F3NO3. The predicted molar refractivity (Wildman–Crippen MR) is 126 cm³/mol. The van der Waals surface area contributed by atoms with Crippen LogP contribution in [0.5, 0.6) is 5.75 Å². The van der Waals surface area contributed by atoms with Gasteiger partial charge in [0.2, 0.25) is 0 Å². The van der Waals surface area contributed by atoms with E-state index in [0.717, 1.165) is 36.1 Å². The number of aryl methyl sites for hydroxylation is 2. The van der Waals surface area contributed by atoms with Crippen LogP contribution < -0.4 is 4.74 Å². The van der Waals surface area contributed by atoms with Crippen LogP contribution in [-0.2, 0) is 24.4 Å². The highest BCUT2D eigenvalue weighted by atomic mass is 35.5. The number of nitrogens with zero attached hydrogens (tertiary/aromatic N) is 1. The molecule has 1 aromatic heterocycles. The Balaban J connectivity index is 1.69. The molecule has 2 atom stereocenters. The monoisotopic (exact) mass is 513 g/mol. The number of fused-ring (bicyclic) bond motifs is 1. The van der Waals surface area contributed by atoms with Crippen LogP contribution in [-0.4, -0.2) is 21.7 Å². The number of alkyl halides is 3. The van der Waals surface area contributed by atoms with E-state index in [2.05, 4.69) is 0 Å². The van der Waals surface area contributed by atoms with E-state index >= 15 is 0 Å². The van der Waals surface area contributed by atoms with Crippen molar-refractivity contribution in [2.45, 2.75) is 51.3 Å². The molecule has 1 fully saturated rings. The summed E-state index contributed by atoms with van der Waals surface area (Å²) in [6.07, 6.45) is -1.77. The number of ether oxygens (including phenoxy) is 1. The number of carboxylic acid groups (broad SMARTS) is 1. The Kier molecular flexibility index (Phi) is 6.80. The summed E-state index contributed by atoms with van der Waals surface area (Å²) in [7, 11) is 1.71. The summed E-state index contributed by atoms with van der Waals surface area (Å²) < 4.78 is 47.7. The third-order valence-electron chi connectivity index (χ3n) is 6.60. The highest BCUT2D eigenvalue weighted by Crippen LogP contribution is 2.39. The Morgan fingerprint density at radius 2 is 1.88 bits per heavy atom. The van der Waals surface area contributed by atoms with Crippen molar-refractivity contribution in [1.29, 1.82) is 0 Å². The van der Waals surface area contributed by atoms with Gasteiger partial charge in [-0.3, -0.25) is 4.79 Å². The van der Waals surface area contributed by atoms with E-state index in [0.29, 0.717) is 40.3 Å². The van der Waals surface area contributed by atoms with Crippen molar-refractivity contribution < 1.29 is 27.8 Å². The molecule has 1 aliphatic rings. The standard InChI is InChI=1S/C25H24Cl2F3NO3/c1-13-9-14(25(28,29)30)10-20-17(13)11-15(31(20)2)12-18-19(26)7-8-22(23(18)27)34-21-6-4-3-5-16(21)24(32)33/h7-11,16,21H,3-6,12H2,1-2H3,(H,32,33). The van der Waals surface area contributed by atoms with Crippen molar-refractivity contribution in [2.24, 2.45) is 13.0 Å². The van der Waals surface area contributed by atoms with Crippen LogP contribution in [0.1, 0.15) is 48.1 Å². The van der Waals surface area contributed by atoms with Gasteiger partial charge in [0.25, 0.3) is 0 Å². The smallest absolute Gasteiger partial charge is 0.416 e. The van der Waals surface area contributed by atoms with Gasteiger partial charge in [0, 0.05) is 35.1 Å². The first-order valence-electron chi connectivity index (χ1n) is 11.0. The first kappa shape index (κ1) is 24.7. The number of carbonyl (C=O) groups is 1. The van der Waals surface area contributed by atoms with Gasteiger partial charge in [-0.1, -0.05) is 29.6 Å². The highest BCUT2D eigenvalue weighted by molar-refractivity contribution is 6.37. The fourth-order valence-corrected chi connectivity index (χ4v) is 5.24. The van der Waals surface area contributed by atoms with Crippen molar-refractivity contribution in [1.82, 2.24) is 4.57 Å². The summed E-state index contributed by atoms with van der Waals surface area (Å²) in [6, 6.07) is 7.40. The normalized spacial score (nSPS) is 18.9. The van der Waals surface area contributed by atoms with Gasteiger partial charge < -0.3 is 14.4 Å². The Bertz CT molecular complexity index is 1250. The van der Waals surface area contributed by atoms with E-state index in [1.54, 1.807) is 30.7 Å². The maximum Gasteiger partial charge on any atom is 0.416 e. The lowest BCUT2D eigenvalue weighted by atomic mass is 9.86. The summed E-state index contributed by atoms with van der Waals surface area (Å²) in [5, 5.41) is 10.9. The van der Waals surface area contributed by atoms with Gasteiger partial charge in [0.05, 0.1) is 16.5 Å². The Labute approximate surface area is 205 Å². The molecule has 3 aromatic rings. The van der Waals surface area contributed by atoms with Crippen molar-refractivity contribution in [3.63, 3.8) is 0 Å². The Morgan fingerprint density at radius 1 is 1.18 bits per heavy atom. The van der Waals surface area contributed by atoms with Gasteiger partial charge >= 0.3 is 12.1 Å². The molecular weight excluding hydrogens is 490 g/mol. The maximum atomic E-state index is 13.3. The fraction of sp³-hybridized carbons (Fsp3) is 0.400. The molecule has 4 nitrogen and oxygen atoms in total. The number of aromatic nitrogens is 1. The summed E-state index contributed by atoms with van der Waals surface area (Å²) in [4.78, 5) is 11.6. The molecule has 0 bridgehead atoms. The van der Waals surface area contributed by atoms with Crippen molar-refractivity contribution >= 4 is 40.1 Å². The second-order valence-corrected chi connectivity index (χ2v) is 9.60. The lowest BCUT2D eigenvalue weighted by molar-refractivity contribution is -0.146. The van der Waals surface area contributed by atoms with Crippen LogP contribution >= 0.6 is 23.2 Å². The fourth-order valence-electron chi connectivity index (χ4n) is 4.69. The summed E-state index contributed by atoms with van der Waals surface area (Å²) in [6.45, 7) is 1.65. The number of carboxylic acids is 1. The molecule has 0 aliphatic heterocycles. The average molecular weight is 514 g/mol. The maximum absolute atomic E-state index is 13.3. The largest absolute Gasteiger partial charge is 0.488 e. The van der Waals surface area contributed by atoms with Crippen molar-refractivity contribution in [2.75, 3.05) is 0 Å². The zero-order valence-corrected chi connectivity index (χ0v) is 20.2. The molecule has 0 saturated heterocycles. The Hall–Kier alpha value is -2.38. The number of hydrogen-bond acceptors (Lipinski definition) is 2. The molecule has 9 heteroatoms. The van der Waals surface area contributed by atoms with E-state index in [1.165, 1.54) is 0 Å². The predicted octanol–water partition coefficient (Wildman–Crippen LogP) is 7.43. The minimum absolute atomic E-state index is 0.272. The molecule has 4 rings (SSSR count). The van der Waals surface area contributed by atoms with Crippen LogP contribution in [0, 0.1) is 12.8 Å². The van der Waals surface area contributed by atoms with E-state index in [1.807, 2.05) is 6.07 Å². The van der Waals surface area contributed by atoms with Crippen LogP contribution in [0.3, 0.4) is 0 Å². The molecule has 1 aliphatic carbocycles. The second-order valence-electron chi connectivity index (χ2n) is 8.82. The first-order valence-corrected chi connectivity index (χ1v) is 11.8. The number of halogens is 5. The minimum atomic E-state index is -4.44. The van der Waals surface area contributed by atoms with Crippen LogP contribution in [0.2, 0.25) is 10.0 Å². The number of aliphatic carboxylic acids is 1. The third-order valence-corrected chi connectivity index (χ3v) is 7.37. The van der Waals surface area contributed by atoms with Gasteiger partial charge in [0.15, 0.2) is 0 Å². The summed E-state index contributed by atoms with van der Waals surface area (Å²) >= 11 is 13.1. The molecule has 1 saturated carbocycles. The lowest BCUT2D eigenvalue weighted by Gasteiger charge is -2.29. The van der Waals surface area contributed by atoms with Crippen LogP contribution in [0.4, 0.5) is 13.2 Å². The van der Waals surface area contributed by atoms with Gasteiger partial charge in [-0.25, -0.2) is 0 Å². The van der Waals surface area contributed by atoms with Crippen molar-refractivity contribution in [3.05, 3.63) is 62.8 Å². The quantitative estimate of drug-likeness (QED) is 0.386. The molecule has 34 heavy (non-hydrogen) atoms. The number of rotatable bonds is 5. The molecule has 1 N–H and O–H groups in total. The van der Waals surface area contributed by atoms with E-state index in [9.17, 15) is 23.1 Å². The van der Waals surface area contributed by atoms with E-state index < -0.39 is 29.7 Å². The second kappa shape index (κ2) is 9.34. The summed E-state index contributed by atoms with van der Waals surface area (Å²) in [5.41, 5.74) is 1.60. The third kappa shape index (κ3) is 4.73. The topological polar surface area (TPSA) is 51.5 Å². The molecule has 2 aromatic carbocycles. The van der Waals surface area contributed by atoms with Gasteiger partial charge in [-0.05, 0) is 67.6 Å².